The fourth-order valence-electron chi connectivity index (χ4n) is 1.06. The lowest BCUT2D eigenvalue weighted by atomic mass is 10.1. The molecule has 0 radical (unpaired) electrons. The molecule has 6 N–H and O–H groups in total. The minimum absolute atomic E-state index is 0. The second kappa shape index (κ2) is 5.43. The van der Waals surface area contributed by atoms with Gasteiger partial charge in [0.1, 0.15) is 0 Å². The van der Waals surface area contributed by atoms with E-state index >= 15 is 0 Å². The van der Waals surface area contributed by atoms with Crippen molar-refractivity contribution in [2.45, 2.75) is 6.10 Å². The van der Waals surface area contributed by atoms with Gasteiger partial charge in [-0.2, -0.15) is 0 Å². The second-order valence-electron chi connectivity index (χ2n) is 2.82. The van der Waals surface area contributed by atoms with Crippen LogP contribution in [0.4, 0.5) is 0 Å². The maximum absolute atomic E-state index is 9.48. The summed E-state index contributed by atoms with van der Waals surface area (Å²) in [6, 6.07) is 4.26. The molecular formula is C9H15NO4. The lowest BCUT2D eigenvalue weighted by Crippen LogP contribution is -2.16. The topological polar surface area (TPSA) is 104 Å². The van der Waals surface area contributed by atoms with Crippen molar-refractivity contribution in [3.05, 3.63) is 23.8 Å². The zero-order valence-electron chi connectivity index (χ0n) is 7.86. The number of benzene rings is 1. The van der Waals surface area contributed by atoms with E-state index in [9.17, 15) is 5.11 Å². The van der Waals surface area contributed by atoms with E-state index in [0.717, 1.165) is 0 Å². The summed E-state index contributed by atoms with van der Waals surface area (Å²) in [6.45, 7) is 0.407. The number of aromatic hydroxyl groups is 2. The lowest BCUT2D eigenvalue weighted by molar-refractivity contribution is 0.177. The molecule has 1 unspecified atom stereocenters. The summed E-state index contributed by atoms with van der Waals surface area (Å²) in [7, 11) is 1.73. The van der Waals surface area contributed by atoms with Gasteiger partial charge in [0.2, 0.25) is 0 Å². The Morgan fingerprint density at radius 1 is 1.29 bits per heavy atom. The van der Waals surface area contributed by atoms with Gasteiger partial charge in [-0.05, 0) is 24.7 Å². The zero-order valence-corrected chi connectivity index (χ0v) is 7.86. The Kier molecular flexibility index (Phi) is 4.93. The summed E-state index contributed by atoms with van der Waals surface area (Å²) in [4.78, 5) is 0. The number of aliphatic hydroxyl groups excluding tert-OH is 1. The predicted molar refractivity (Wildman–Crippen MR) is 52.3 cm³/mol. The quantitative estimate of drug-likeness (QED) is 0.496. The van der Waals surface area contributed by atoms with Crippen LogP contribution in [0.15, 0.2) is 18.2 Å². The monoisotopic (exact) mass is 201 g/mol. The number of nitrogens with one attached hydrogen (secondary N) is 1. The number of hydrogen-bond donors (Lipinski definition) is 4. The van der Waals surface area contributed by atoms with E-state index in [1.54, 1.807) is 13.1 Å². The SMILES string of the molecule is CNCC(O)c1ccc(O)c(O)c1.O. The first-order valence-electron chi connectivity index (χ1n) is 3.99. The molecule has 5 nitrogen and oxygen atoms in total. The molecule has 0 aliphatic rings. The fourth-order valence-corrected chi connectivity index (χ4v) is 1.06. The Balaban J connectivity index is 0.00000169. The number of phenols is 2. The first-order chi connectivity index (χ1) is 6.15. The van der Waals surface area contributed by atoms with Gasteiger partial charge in [-0.25, -0.2) is 0 Å². The predicted octanol–water partition coefficient (Wildman–Crippen LogP) is -0.474. The molecule has 1 aromatic carbocycles. The van der Waals surface area contributed by atoms with Crippen LogP contribution in [0.5, 0.6) is 11.5 Å². The van der Waals surface area contributed by atoms with E-state index in [1.807, 2.05) is 0 Å². The molecule has 14 heavy (non-hydrogen) atoms. The fraction of sp³-hybridized carbons (Fsp3) is 0.333. The molecule has 0 spiro atoms. The lowest BCUT2D eigenvalue weighted by Gasteiger charge is -2.10. The standard InChI is InChI=1S/C9H13NO3.H2O/c1-10-5-9(13)6-2-3-7(11)8(12)4-6;/h2-4,9-13H,5H2,1H3;1H2. The van der Waals surface area contributed by atoms with Crippen LogP contribution in [-0.4, -0.2) is 34.4 Å². The number of hydrogen-bond acceptors (Lipinski definition) is 4. The zero-order chi connectivity index (χ0) is 9.84. The highest BCUT2D eigenvalue weighted by molar-refractivity contribution is 5.41. The number of aliphatic hydroxyl groups is 1. The molecule has 1 rings (SSSR count). The van der Waals surface area contributed by atoms with Gasteiger partial charge >= 0.3 is 0 Å². The van der Waals surface area contributed by atoms with Gasteiger partial charge in [0.05, 0.1) is 6.10 Å². The van der Waals surface area contributed by atoms with Crippen molar-refractivity contribution >= 4 is 0 Å². The highest BCUT2D eigenvalue weighted by Crippen LogP contribution is 2.27. The average molecular weight is 201 g/mol. The molecule has 0 heterocycles. The summed E-state index contributed by atoms with van der Waals surface area (Å²) >= 11 is 0. The minimum Gasteiger partial charge on any atom is -0.504 e. The van der Waals surface area contributed by atoms with Crippen molar-refractivity contribution in [2.75, 3.05) is 13.6 Å². The van der Waals surface area contributed by atoms with E-state index in [-0.39, 0.29) is 17.0 Å². The van der Waals surface area contributed by atoms with Gasteiger partial charge < -0.3 is 26.1 Å². The first kappa shape index (κ1) is 12.7. The Morgan fingerprint density at radius 3 is 2.43 bits per heavy atom. The number of rotatable bonds is 3. The Labute approximate surface area is 81.9 Å². The van der Waals surface area contributed by atoms with Crippen LogP contribution in [0.3, 0.4) is 0 Å². The summed E-state index contributed by atoms with van der Waals surface area (Å²) in [5.41, 5.74) is 0.574. The molecule has 80 valence electrons. The van der Waals surface area contributed by atoms with Gasteiger partial charge in [0.25, 0.3) is 0 Å². The van der Waals surface area contributed by atoms with Crippen molar-refractivity contribution < 1.29 is 20.8 Å². The molecule has 0 aliphatic carbocycles. The molecule has 0 saturated heterocycles. The summed E-state index contributed by atoms with van der Waals surface area (Å²) in [6.07, 6.45) is -0.670. The Bertz CT molecular complexity index is 290. The third-order valence-electron chi connectivity index (χ3n) is 1.78. The molecule has 0 fully saturated rings. The van der Waals surface area contributed by atoms with Crippen LogP contribution in [0, 0.1) is 0 Å². The van der Waals surface area contributed by atoms with Crippen LogP contribution < -0.4 is 5.32 Å². The smallest absolute Gasteiger partial charge is 0.157 e. The van der Waals surface area contributed by atoms with E-state index < -0.39 is 6.10 Å². The van der Waals surface area contributed by atoms with Gasteiger partial charge in [-0.1, -0.05) is 6.07 Å². The van der Waals surface area contributed by atoms with Crippen LogP contribution in [0.25, 0.3) is 0 Å². The molecule has 0 aromatic heterocycles. The van der Waals surface area contributed by atoms with Gasteiger partial charge in [-0.15, -0.1) is 0 Å². The van der Waals surface area contributed by atoms with Crippen LogP contribution in [0.2, 0.25) is 0 Å². The van der Waals surface area contributed by atoms with Crippen LogP contribution >= 0.6 is 0 Å². The molecule has 0 saturated carbocycles. The van der Waals surface area contributed by atoms with E-state index in [2.05, 4.69) is 5.32 Å². The molecule has 0 aliphatic heterocycles. The molecule has 1 aromatic rings. The molecular weight excluding hydrogens is 186 g/mol. The van der Waals surface area contributed by atoms with E-state index in [0.29, 0.717) is 12.1 Å². The molecule has 5 heteroatoms. The highest BCUT2D eigenvalue weighted by atomic mass is 16.3. The minimum atomic E-state index is -0.670. The largest absolute Gasteiger partial charge is 0.504 e. The van der Waals surface area contributed by atoms with Gasteiger partial charge in [0.15, 0.2) is 11.5 Å². The summed E-state index contributed by atoms with van der Waals surface area (Å²) in [5.74, 6) is -0.395. The van der Waals surface area contributed by atoms with Gasteiger partial charge in [0, 0.05) is 6.54 Å². The van der Waals surface area contributed by atoms with Gasteiger partial charge in [-0.3, -0.25) is 0 Å². The highest BCUT2D eigenvalue weighted by Gasteiger charge is 2.08. The summed E-state index contributed by atoms with van der Waals surface area (Å²) < 4.78 is 0. The van der Waals surface area contributed by atoms with Crippen molar-refractivity contribution in [1.29, 1.82) is 0 Å². The van der Waals surface area contributed by atoms with E-state index in [4.69, 9.17) is 10.2 Å². The maximum atomic E-state index is 9.48. The average Bonchev–Trinajstić information content (AvgIpc) is 2.10. The summed E-state index contributed by atoms with van der Waals surface area (Å²) in [5, 5.41) is 30.4. The number of likely N-dealkylation sites (N-methyl/N-ethyl adjacent to an activating group) is 1. The Hall–Kier alpha value is -1.30. The van der Waals surface area contributed by atoms with Crippen molar-refractivity contribution in [1.82, 2.24) is 5.32 Å². The Morgan fingerprint density at radius 2 is 1.93 bits per heavy atom. The molecule has 1 atom stereocenters. The second-order valence-corrected chi connectivity index (χ2v) is 2.82. The molecule has 0 amide bonds. The van der Waals surface area contributed by atoms with Crippen LogP contribution in [0.1, 0.15) is 11.7 Å². The third kappa shape index (κ3) is 2.88. The van der Waals surface area contributed by atoms with Crippen molar-refractivity contribution in [2.24, 2.45) is 0 Å². The number of phenolic OH excluding ortho intramolecular Hbond substituents is 2. The van der Waals surface area contributed by atoms with Crippen molar-refractivity contribution in [3.63, 3.8) is 0 Å². The first-order valence-corrected chi connectivity index (χ1v) is 3.99. The van der Waals surface area contributed by atoms with Crippen molar-refractivity contribution in [3.8, 4) is 11.5 Å². The third-order valence-corrected chi connectivity index (χ3v) is 1.78. The normalized spacial score (nSPS) is 11.9. The molecule has 0 bridgehead atoms. The maximum Gasteiger partial charge on any atom is 0.157 e. The van der Waals surface area contributed by atoms with Crippen LogP contribution in [-0.2, 0) is 0 Å². The van der Waals surface area contributed by atoms with E-state index in [1.165, 1.54) is 12.1 Å².